The van der Waals surface area contributed by atoms with E-state index in [-0.39, 0.29) is 5.41 Å². The summed E-state index contributed by atoms with van der Waals surface area (Å²) >= 11 is 0. The predicted molar refractivity (Wildman–Crippen MR) is 106 cm³/mol. The Kier molecular flexibility index (Phi) is 6.21. The SMILES string of the molecule is C=C(C)C(=O)OC1=CC=C(C(C)(C)c2ccc(OC(=O)C(=C)C)cc2)CC1. The van der Waals surface area contributed by atoms with Crippen LogP contribution in [0.4, 0.5) is 0 Å². The Morgan fingerprint density at radius 1 is 0.889 bits per heavy atom. The molecule has 1 aromatic carbocycles. The molecule has 0 heterocycles. The van der Waals surface area contributed by atoms with Crippen LogP contribution in [0.25, 0.3) is 0 Å². The number of allylic oxidation sites excluding steroid dienone is 4. The summed E-state index contributed by atoms with van der Waals surface area (Å²) in [6.45, 7) is 14.7. The number of ether oxygens (including phenoxy) is 2. The van der Waals surface area contributed by atoms with Crippen LogP contribution in [0.1, 0.15) is 46.1 Å². The van der Waals surface area contributed by atoms with Crippen LogP contribution >= 0.6 is 0 Å². The summed E-state index contributed by atoms with van der Waals surface area (Å²) in [5, 5.41) is 0. The van der Waals surface area contributed by atoms with Gasteiger partial charge in [0.15, 0.2) is 0 Å². The van der Waals surface area contributed by atoms with Gasteiger partial charge in [0.25, 0.3) is 0 Å². The number of hydrogen-bond donors (Lipinski definition) is 0. The minimum absolute atomic E-state index is 0.197. The minimum Gasteiger partial charge on any atom is -0.428 e. The fourth-order valence-corrected chi connectivity index (χ4v) is 2.75. The smallest absolute Gasteiger partial charge is 0.338 e. The maximum atomic E-state index is 11.6. The van der Waals surface area contributed by atoms with E-state index in [2.05, 4.69) is 27.0 Å². The molecule has 142 valence electrons. The Morgan fingerprint density at radius 2 is 1.44 bits per heavy atom. The molecular weight excluding hydrogens is 340 g/mol. The monoisotopic (exact) mass is 366 g/mol. The second-order valence-corrected chi connectivity index (χ2v) is 7.31. The van der Waals surface area contributed by atoms with Crippen molar-refractivity contribution in [3.05, 3.63) is 77.6 Å². The zero-order chi connectivity index (χ0) is 20.2. The van der Waals surface area contributed by atoms with E-state index in [4.69, 9.17) is 9.47 Å². The van der Waals surface area contributed by atoms with E-state index in [0.717, 1.165) is 12.0 Å². The first kappa shape index (κ1) is 20.4. The molecule has 1 aromatic rings. The average molecular weight is 366 g/mol. The van der Waals surface area contributed by atoms with Gasteiger partial charge in [-0.1, -0.05) is 50.8 Å². The van der Waals surface area contributed by atoms with Gasteiger partial charge in [-0.25, -0.2) is 9.59 Å². The molecule has 2 rings (SSSR count). The molecule has 1 aliphatic carbocycles. The highest BCUT2D eigenvalue weighted by molar-refractivity contribution is 5.88. The Labute approximate surface area is 160 Å². The molecule has 4 nitrogen and oxygen atoms in total. The van der Waals surface area contributed by atoms with Gasteiger partial charge in [0.1, 0.15) is 11.5 Å². The van der Waals surface area contributed by atoms with Crippen LogP contribution in [-0.2, 0) is 19.7 Å². The van der Waals surface area contributed by atoms with Gasteiger partial charge in [0.2, 0.25) is 0 Å². The minimum atomic E-state index is -0.432. The molecule has 0 unspecified atom stereocenters. The summed E-state index contributed by atoms with van der Waals surface area (Å²) in [4.78, 5) is 23.2. The molecule has 0 fully saturated rings. The van der Waals surface area contributed by atoms with Crippen molar-refractivity contribution in [2.45, 2.75) is 46.0 Å². The summed E-state index contributed by atoms with van der Waals surface area (Å²) < 4.78 is 10.6. The summed E-state index contributed by atoms with van der Waals surface area (Å²) in [7, 11) is 0. The summed E-state index contributed by atoms with van der Waals surface area (Å²) in [5.74, 6) is 0.329. The predicted octanol–water partition coefficient (Wildman–Crippen LogP) is 5.17. The van der Waals surface area contributed by atoms with E-state index in [9.17, 15) is 9.59 Å². The molecule has 0 saturated heterocycles. The van der Waals surface area contributed by atoms with Crippen LogP contribution in [0.15, 0.2) is 72.1 Å². The van der Waals surface area contributed by atoms with E-state index >= 15 is 0 Å². The molecule has 0 atom stereocenters. The second-order valence-electron chi connectivity index (χ2n) is 7.31. The van der Waals surface area contributed by atoms with Crippen LogP contribution in [0.2, 0.25) is 0 Å². The van der Waals surface area contributed by atoms with Crippen molar-refractivity contribution in [2.75, 3.05) is 0 Å². The van der Waals surface area contributed by atoms with Crippen molar-refractivity contribution < 1.29 is 19.1 Å². The highest BCUT2D eigenvalue weighted by Gasteiger charge is 2.27. The highest BCUT2D eigenvalue weighted by Crippen LogP contribution is 2.37. The van der Waals surface area contributed by atoms with Gasteiger partial charge >= 0.3 is 11.9 Å². The van der Waals surface area contributed by atoms with Crippen LogP contribution in [-0.4, -0.2) is 11.9 Å². The van der Waals surface area contributed by atoms with Crippen molar-refractivity contribution in [1.82, 2.24) is 0 Å². The van der Waals surface area contributed by atoms with E-state index in [1.807, 2.05) is 24.3 Å². The Morgan fingerprint density at radius 3 is 1.93 bits per heavy atom. The number of benzene rings is 1. The zero-order valence-corrected chi connectivity index (χ0v) is 16.4. The van der Waals surface area contributed by atoms with Gasteiger partial charge in [-0.2, -0.15) is 0 Å². The third kappa shape index (κ3) is 5.07. The topological polar surface area (TPSA) is 52.6 Å². The Bertz CT molecular complexity index is 836. The van der Waals surface area contributed by atoms with E-state index < -0.39 is 11.9 Å². The molecule has 0 amide bonds. The quantitative estimate of drug-likeness (QED) is 0.396. The first-order chi connectivity index (χ1) is 12.6. The zero-order valence-electron chi connectivity index (χ0n) is 16.4. The van der Waals surface area contributed by atoms with Crippen molar-refractivity contribution in [3.8, 4) is 5.75 Å². The average Bonchev–Trinajstić information content (AvgIpc) is 2.62. The summed E-state index contributed by atoms with van der Waals surface area (Å²) in [6.07, 6.45) is 5.33. The Hall–Kier alpha value is -2.88. The van der Waals surface area contributed by atoms with Gasteiger partial charge in [0.05, 0.1) is 0 Å². The number of esters is 2. The van der Waals surface area contributed by atoms with Gasteiger partial charge in [-0.3, -0.25) is 0 Å². The summed E-state index contributed by atoms with van der Waals surface area (Å²) in [5.41, 5.74) is 2.90. The van der Waals surface area contributed by atoms with Gasteiger partial charge in [-0.15, -0.1) is 0 Å². The molecular formula is C23H26O4. The molecule has 0 aromatic heterocycles. The lowest BCUT2D eigenvalue weighted by Crippen LogP contribution is -2.22. The van der Waals surface area contributed by atoms with Crippen molar-refractivity contribution in [2.24, 2.45) is 0 Å². The molecule has 0 radical (unpaired) electrons. The maximum absolute atomic E-state index is 11.6. The van der Waals surface area contributed by atoms with Crippen molar-refractivity contribution >= 4 is 11.9 Å². The molecule has 0 spiro atoms. The molecule has 0 N–H and O–H groups in total. The molecule has 0 bridgehead atoms. The van der Waals surface area contributed by atoms with Gasteiger partial charge < -0.3 is 9.47 Å². The molecule has 4 heteroatoms. The first-order valence-corrected chi connectivity index (χ1v) is 8.87. The number of carbonyl (C=O) groups excluding carboxylic acids is 2. The third-order valence-electron chi connectivity index (χ3n) is 4.62. The standard InChI is InChI=1S/C23H26O4/c1-15(2)21(24)26-19-11-7-17(8-12-19)23(5,6)18-9-13-20(14-10-18)27-22(25)16(3)4/h7-9,11-13H,1,3,10,14H2,2,4-6H3. The van der Waals surface area contributed by atoms with Crippen LogP contribution < -0.4 is 4.74 Å². The van der Waals surface area contributed by atoms with Crippen LogP contribution in [0.5, 0.6) is 5.75 Å². The molecule has 1 aliphatic rings. The Balaban J connectivity index is 2.14. The van der Waals surface area contributed by atoms with Crippen LogP contribution in [0.3, 0.4) is 0 Å². The van der Waals surface area contributed by atoms with Crippen LogP contribution in [0, 0.1) is 0 Å². The van der Waals surface area contributed by atoms with Crippen molar-refractivity contribution in [1.29, 1.82) is 0 Å². The van der Waals surface area contributed by atoms with E-state index in [0.29, 0.717) is 29.1 Å². The second kappa shape index (κ2) is 8.21. The van der Waals surface area contributed by atoms with E-state index in [1.54, 1.807) is 26.0 Å². The number of hydrogen-bond acceptors (Lipinski definition) is 4. The number of carbonyl (C=O) groups is 2. The van der Waals surface area contributed by atoms with E-state index in [1.165, 1.54) is 5.57 Å². The molecule has 0 aliphatic heterocycles. The fourth-order valence-electron chi connectivity index (χ4n) is 2.75. The van der Waals surface area contributed by atoms with Crippen molar-refractivity contribution in [3.63, 3.8) is 0 Å². The number of rotatable bonds is 6. The first-order valence-electron chi connectivity index (χ1n) is 8.87. The largest absolute Gasteiger partial charge is 0.428 e. The van der Waals surface area contributed by atoms with Gasteiger partial charge in [0, 0.05) is 23.0 Å². The lowest BCUT2D eigenvalue weighted by molar-refractivity contribution is -0.135. The maximum Gasteiger partial charge on any atom is 0.338 e. The normalized spacial score (nSPS) is 13.9. The lowest BCUT2D eigenvalue weighted by Gasteiger charge is -2.31. The summed E-state index contributed by atoms with van der Waals surface area (Å²) in [6, 6.07) is 7.50. The lowest BCUT2D eigenvalue weighted by atomic mass is 9.74. The molecule has 27 heavy (non-hydrogen) atoms. The fraction of sp³-hybridized carbons (Fsp3) is 0.304. The van der Waals surface area contributed by atoms with Gasteiger partial charge in [-0.05, 0) is 44.0 Å². The third-order valence-corrected chi connectivity index (χ3v) is 4.62. The molecule has 0 saturated carbocycles. The highest BCUT2D eigenvalue weighted by atomic mass is 16.5.